The maximum Gasteiger partial charge on any atom is 0.425 e. The molecule has 7 nitrogen and oxygen atoms in total. The summed E-state index contributed by atoms with van der Waals surface area (Å²) in [5.74, 6) is -1.56. The molecule has 1 aromatic carbocycles. The summed E-state index contributed by atoms with van der Waals surface area (Å²) >= 11 is 0. The van der Waals surface area contributed by atoms with Crippen molar-refractivity contribution in [1.82, 2.24) is 19.8 Å². The van der Waals surface area contributed by atoms with Gasteiger partial charge in [0.05, 0.1) is 19.1 Å². The number of halogens is 3. The third-order valence-electron chi connectivity index (χ3n) is 5.08. The van der Waals surface area contributed by atoms with Crippen molar-refractivity contribution in [2.45, 2.75) is 30.8 Å². The van der Waals surface area contributed by atoms with Gasteiger partial charge in [0.15, 0.2) is 5.82 Å². The van der Waals surface area contributed by atoms with Gasteiger partial charge in [0.1, 0.15) is 0 Å². The highest BCUT2D eigenvalue weighted by atomic mass is 19.4. The number of carbonyl (C=O) groups excluding carboxylic acids is 1. The fourth-order valence-electron chi connectivity index (χ4n) is 3.48. The molecular weight excluding hydrogens is 401 g/mol. The molecule has 0 bridgehead atoms. The van der Waals surface area contributed by atoms with E-state index in [2.05, 4.69) is 15.2 Å². The smallest absolute Gasteiger partial charge is 0.374 e. The van der Waals surface area contributed by atoms with E-state index in [1.807, 2.05) is 30.3 Å². The Morgan fingerprint density at radius 2 is 2.07 bits per heavy atom. The monoisotopic (exact) mass is 426 g/mol. The summed E-state index contributed by atoms with van der Waals surface area (Å²) in [5.41, 5.74) is -2.23. The molecule has 10 heteroatoms. The summed E-state index contributed by atoms with van der Waals surface area (Å²) in [5, 5.41) is 12.8. The topological polar surface area (TPSA) is 79.6 Å². The zero-order chi connectivity index (χ0) is 21.8. The number of aliphatic hydroxyl groups is 1. The van der Waals surface area contributed by atoms with Crippen LogP contribution in [0.5, 0.6) is 0 Å². The molecule has 164 valence electrons. The van der Waals surface area contributed by atoms with E-state index in [0.717, 1.165) is 29.4 Å². The number of amides is 1. The standard InChI is InChI=1S/C20H25F3N4O3/c1-26-8-7-24-18(26)19(29,20(21,22)23)11-17(28)25-12-16-14-27(9-10-30-16)13-15-5-3-2-4-6-15/h2-8,16,29H,9-14H2,1H3,(H,25,28). The lowest BCUT2D eigenvalue weighted by atomic mass is 9.97. The van der Waals surface area contributed by atoms with Crippen molar-refractivity contribution < 1.29 is 27.8 Å². The van der Waals surface area contributed by atoms with Crippen LogP contribution in [-0.2, 0) is 28.7 Å². The van der Waals surface area contributed by atoms with Crippen LogP contribution >= 0.6 is 0 Å². The lowest BCUT2D eigenvalue weighted by Crippen LogP contribution is -2.50. The van der Waals surface area contributed by atoms with Crippen LogP contribution in [0.25, 0.3) is 0 Å². The van der Waals surface area contributed by atoms with E-state index in [1.54, 1.807) is 0 Å². The van der Waals surface area contributed by atoms with Gasteiger partial charge < -0.3 is 19.7 Å². The molecule has 1 saturated heterocycles. The first kappa shape index (κ1) is 22.3. The molecule has 1 amide bonds. The predicted octanol–water partition coefficient (Wildman–Crippen LogP) is 1.58. The van der Waals surface area contributed by atoms with E-state index in [9.17, 15) is 23.1 Å². The number of carbonyl (C=O) groups is 1. The number of hydrogen-bond acceptors (Lipinski definition) is 5. The number of aromatic nitrogens is 2. The van der Waals surface area contributed by atoms with Gasteiger partial charge in [-0.25, -0.2) is 4.98 Å². The molecule has 3 rings (SSSR count). The number of aryl methyl sites for hydroxylation is 1. The Morgan fingerprint density at radius 3 is 2.70 bits per heavy atom. The van der Waals surface area contributed by atoms with E-state index in [-0.39, 0.29) is 12.6 Å². The summed E-state index contributed by atoms with van der Waals surface area (Å²) in [6, 6.07) is 9.88. The van der Waals surface area contributed by atoms with Gasteiger partial charge in [0.2, 0.25) is 11.5 Å². The normalized spacial score (nSPS) is 20.0. The third kappa shape index (κ3) is 5.18. The lowest BCUT2D eigenvalue weighted by Gasteiger charge is -2.33. The quantitative estimate of drug-likeness (QED) is 0.703. The molecule has 2 unspecified atom stereocenters. The van der Waals surface area contributed by atoms with E-state index in [0.29, 0.717) is 13.2 Å². The van der Waals surface area contributed by atoms with Crippen LogP contribution in [0.3, 0.4) is 0 Å². The summed E-state index contributed by atoms with van der Waals surface area (Å²) in [7, 11) is 1.33. The van der Waals surface area contributed by atoms with Gasteiger partial charge in [-0.1, -0.05) is 30.3 Å². The average Bonchev–Trinajstić information content (AvgIpc) is 3.13. The van der Waals surface area contributed by atoms with E-state index in [4.69, 9.17) is 4.74 Å². The van der Waals surface area contributed by atoms with E-state index in [1.165, 1.54) is 13.2 Å². The molecule has 1 aliphatic rings. The fourth-order valence-corrected chi connectivity index (χ4v) is 3.48. The highest BCUT2D eigenvalue weighted by Gasteiger charge is 2.58. The molecule has 0 spiro atoms. The summed E-state index contributed by atoms with van der Waals surface area (Å²) in [6.07, 6.45) is -4.17. The van der Waals surface area contributed by atoms with Crippen LogP contribution in [0.4, 0.5) is 13.2 Å². The van der Waals surface area contributed by atoms with Gasteiger partial charge >= 0.3 is 6.18 Å². The van der Waals surface area contributed by atoms with Crippen LogP contribution in [0.15, 0.2) is 42.7 Å². The number of nitrogens with zero attached hydrogens (tertiary/aromatic N) is 3. The number of benzene rings is 1. The predicted molar refractivity (Wildman–Crippen MR) is 102 cm³/mol. The van der Waals surface area contributed by atoms with Crippen LogP contribution in [-0.4, -0.2) is 64.0 Å². The molecule has 1 aromatic heterocycles. The molecule has 2 N–H and O–H groups in total. The number of morpholine rings is 1. The molecule has 2 atom stereocenters. The van der Waals surface area contributed by atoms with Crippen LogP contribution < -0.4 is 5.32 Å². The average molecular weight is 426 g/mol. The molecule has 0 saturated carbocycles. The lowest BCUT2D eigenvalue weighted by molar-refractivity contribution is -0.271. The third-order valence-corrected chi connectivity index (χ3v) is 5.08. The Morgan fingerprint density at radius 1 is 1.33 bits per heavy atom. The molecule has 2 aromatic rings. The van der Waals surface area contributed by atoms with Gasteiger partial charge in [0, 0.05) is 45.6 Å². The largest absolute Gasteiger partial charge is 0.425 e. The van der Waals surface area contributed by atoms with Crippen LogP contribution in [0, 0.1) is 0 Å². The van der Waals surface area contributed by atoms with Crippen LogP contribution in [0.1, 0.15) is 17.8 Å². The highest BCUT2D eigenvalue weighted by Crippen LogP contribution is 2.40. The summed E-state index contributed by atoms with van der Waals surface area (Å²) in [4.78, 5) is 18.0. The van der Waals surface area contributed by atoms with E-state index < -0.39 is 29.9 Å². The number of ether oxygens (including phenoxy) is 1. The molecule has 0 radical (unpaired) electrons. The number of alkyl halides is 3. The minimum atomic E-state index is -5.06. The van der Waals surface area contributed by atoms with Crippen molar-refractivity contribution in [3.8, 4) is 0 Å². The first-order chi connectivity index (χ1) is 14.2. The van der Waals surface area contributed by atoms with Crippen LogP contribution in [0.2, 0.25) is 0 Å². The molecular formula is C20H25F3N4O3. The summed E-state index contributed by atoms with van der Waals surface area (Å²) in [6.45, 7) is 2.51. The maximum absolute atomic E-state index is 13.5. The Hall–Kier alpha value is -2.43. The zero-order valence-corrected chi connectivity index (χ0v) is 16.6. The van der Waals surface area contributed by atoms with Crippen molar-refractivity contribution in [3.63, 3.8) is 0 Å². The first-order valence-corrected chi connectivity index (χ1v) is 9.60. The zero-order valence-electron chi connectivity index (χ0n) is 16.6. The van der Waals surface area contributed by atoms with Gasteiger partial charge in [0.25, 0.3) is 0 Å². The first-order valence-electron chi connectivity index (χ1n) is 9.60. The van der Waals surface area contributed by atoms with Crippen molar-refractivity contribution in [2.75, 3.05) is 26.2 Å². The Balaban J connectivity index is 1.56. The van der Waals surface area contributed by atoms with Crippen molar-refractivity contribution in [2.24, 2.45) is 7.05 Å². The minimum Gasteiger partial charge on any atom is -0.374 e. The van der Waals surface area contributed by atoms with Crippen molar-refractivity contribution in [1.29, 1.82) is 0 Å². The van der Waals surface area contributed by atoms with E-state index >= 15 is 0 Å². The van der Waals surface area contributed by atoms with Crippen molar-refractivity contribution in [3.05, 3.63) is 54.1 Å². The number of rotatable bonds is 7. The number of nitrogens with one attached hydrogen (secondary N) is 1. The Kier molecular flexibility index (Phi) is 6.79. The molecule has 1 fully saturated rings. The molecule has 2 heterocycles. The van der Waals surface area contributed by atoms with Crippen molar-refractivity contribution >= 4 is 5.91 Å². The molecule has 1 aliphatic heterocycles. The summed E-state index contributed by atoms with van der Waals surface area (Å²) < 4.78 is 47.3. The second kappa shape index (κ2) is 9.15. The SMILES string of the molecule is Cn1ccnc1C(O)(CC(=O)NCC1CN(Cc2ccccc2)CCO1)C(F)(F)F. The Labute approximate surface area is 172 Å². The van der Waals surface area contributed by atoms with Gasteiger partial charge in [-0.05, 0) is 5.56 Å². The van der Waals surface area contributed by atoms with Gasteiger partial charge in [-0.2, -0.15) is 13.2 Å². The molecule has 30 heavy (non-hydrogen) atoms. The second-order valence-corrected chi connectivity index (χ2v) is 7.41. The minimum absolute atomic E-state index is 0.0542. The Bertz CT molecular complexity index is 843. The molecule has 0 aliphatic carbocycles. The highest BCUT2D eigenvalue weighted by molar-refractivity contribution is 5.77. The fraction of sp³-hybridized carbons (Fsp3) is 0.500. The number of imidazole rings is 1. The van der Waals surface area contributed by atoms with Gasteiger partial charge in [-0.3, -0.25) is 9.69 Å². The maximum atomic E-state index is 13.5. The second-order valence-electron chi connectivity index (χ2n) is 7.41. The number of hydrogen-bond donors (Lipinski definition) is 2. The van der Waals surface area contributed by atoms with Gasteiger partial charge in [-0.15, -0.1) is 0 Å².